The number of aromatic nitrogens is 2. The standard InChI is InChI=1S/C63H47BN2/c1-34(2)41-29-46-47-30-42(35(3)4)33-52-60(47)66-59(46)51(31-41)63(48-17-11-9-15-44(48)45-16-10-12-18-49(45)63)50-27-28-54-57(61(50)66)64(52)53-32-40-13-7-8-14-43(40)56-55(38-23-19-36(5)20-24-38)58(65(54)62(53)56)39-25-21-37(6)22-26-39/h7-35H,1-6H3. The number of benzene rings is 9. The molecule has 66 heavy (non-hydrogen) atoms. The zero-order valence-corrected chi connectivity index (χ0v) is 38.2. The minimum atomic E-state index is -0.517. The van der Waals surface area contributed by atoms with Crippen LogP contribution in [0.3, 0.4) is 0 Å². The van der Waals surface area contributed by atoms with Crippen molar-refractivity contribution in [3.63, 3.8) is 0 Å². The molecule has 0 bridgehead atoms. The fourth-order valence-electron chi connectivity index (χ4n) is 13.4. The Morgan fingerprint density at radius 1 is 0.470 bits per heavy atom. The molecule has 0 saturated heterocycles. The first-order valence-electron chi connectivity index (χ1n) is 24.0. The lowest BCUT2D eigenvalue weighted by molar-refractivity contribution is 0.743. The van der Waals surface area contributed by atoms with Crippen LogP contribution in [0.15, 0.2) is 164 Å². The summed E-state index contributed by atoms with van der Waals surface area (Å²) >= 11 is 0. The van der Waals surface area contributed by atoms with Gasteiger partial charge in [0.05, 0.1) is 22.1 Å². The molecule has 3 aliphatic heterocycles. The van der Waals surface area contributed by atoms with E-state index in [1.54, 1.807) is 0 Å². The van der Waals surface area contributed by atoms with Crippen molar-refractivity contribution < 1.29 is 0 Å². The molecule has 0 fully saturated rings. The average Bonchev–Trinajstić information content (AvgIpc) is 3.97. The Hall–Kier alpha value is -7.36. The Balaban J connectivity index is 1.22. The van der Waals surface area contributed by atoms with Gasteiger partial charge in [-0.1, -0.05) is 184 Å². The van der Waals surface area contributed by atoms with E-state index in [1.807, 2.05) is 0 Å². The average molecular weight is 843 g/mol. The topological polar surface area (TPSA) is 9.86 Å². The highest BCUT2D eigenvalue weighted by Gasteiger charge is 2.54. The van der Waals surface area contributed by atoms with Gasteiger partial charge >= 0.3 is 0 Å². The molecule has 0 unspecified atom stereocenters. The van der Waals surface area contributed by atoms with Crippen LogP contribution in [0.5, 0.6) is 0 Å². The van der Waals surface area contributed by atoms with Crippen LogP contribution < -0.4 is 16.4 Å². The maximum absolute atomic E-state index is 2.77. The van der Waals surface area contributed by atoms with Crippen LogP contribution in [0.2, 0.25) is 0 Å². The highest BCUT2D eigenvalue weighted by molar-refractivity contribution is 7.00. The lowest BCUT2D eigenvalue weighted by atomic mass is 9.33. The molecular weight excluding hydrogens is 796 g/mol. The number of nitrogens with zero attached hydrogens (tertiary/aromatic N) is 2. The molecule has 0 saturated carbocycles. The normalized spacial score (nSPS) is 14.3. The van der Waals surface area contributed by atoms with Crippen LogP contribution in [0.25, 0.3) is 88.4 Å². The molecule has 5 heterocycles. The predicted octanol–water partition coefficient (Wildman–Crippen LogP) is 13.9. The van der Waals surface area contributed by atoms with Gasteiger partial charge in [0, 0.05) is 38.6 Å². The van der Waals surface area contributed by atoms with Crippen LogP contribution in [0, 0.1) is 13.8 Å². The van der Waals surface area contributed by atoms with E-state index < -0.39 is 5.41 Å². The Kier molecular flexibility index (Phi) is 6.99. The third-order valence-corrected chi connectivity index (χ3v) is 16.3. The van der Waals surface area contributed by atoms with E-state index in [0.29, 0.717) is 11.8 Å². The van der Waals surface area contributed by atoms with E-state index in [-0.39, 0.29) is 6.71 Å². The maximum Gasteiger partial charge on any atom is 0.252 e. The second-order valence-corrected chi connectivity index (χ2v) is 20.5. The van der Waals surface area contributed by atoms with Gasteiger partial charge in [-0.2, -0.15) is 0 Å². The lowest BCUT2D eigenvalue weighted by Crippen LogP contribution is -2.60. The molecule has 0 amide bonds. The fourth-order valence-corrected chi connectivity index (χ4v) is 13.4. The van der Waals surface area contributed by atoms with Gasteiger partial charge in [-0.15, -0.1) is 0 Å². The summed E-state index contributed by atoms with van der Waals surface area (Å²) < 4.78 is 5.47. The number of fused-ring (bicyclic) bond motifs is 13. The van der Waals surface area contributed by atoms with Crippen LogP contribution in [-0.2, 0) is 5.41 Å². The first-order valence-corrected chi connectivity index (χ1v) is 24.0. The second-order valence-electron chi connectivity index (χ2n) is 20.5. The van der Waals surface area contributed by atoms with Gasteiger partial charge in [0.25, 0.3) is 6.71 Å². The summed E-state index contributed by atoms with van der Waals surface area (Å²) in [6, 6.07) is 64.4. The van der Waals surface area contributed by atoms with Crippen molar-refractivity contribution in [3.8, 4) is 44.9 Å². The van der Waals surface area contributed by atoms with Crippen LogP contribution in [0.4, 0.5) is 0 Å². The number of aryl methyl sites for hydroxylation is 2. The fraction of sp³-hybridized carbons (Fsp3) is 0.143. The number of rotatable bonds is 4. The van der Waals surface area contributed by atoms with E-state index in [1.165, 1.54) is 149 Å². The monoisotopic (exact) mass is 842 g/mol. The molecule has 0 atom stereocenters. The summed E-state index contributed by atoms with van der Waals surface area (Å²) in [6.07, 6.45) is 0. The molecule has 11 aromatic rings. The molecule has 4 aliphatic rings. The number of hydrogen-bond acceptors (Lipinski definition) is 0. The highest BCUT2D eigenvalue weighted by Crippen LogP contribution is 2.62. The molecule has 3 heteroatoms. The third-order valence-electron chi connectivity index (χ3n) is 16.3. The van der Waals surface area contributed by atoms with Crippen molar-refractivity contribution in [1.82, 2.24) is 9.13 Å². The van der Waals surface area contributed by atoms with Gasteiger partial charge in [0.1, 0.15) is 0 Å². The first-order chi connectivity index (χ1) is 32.2. The summed E-state index contributed by atoms with van der Waals surface area (Å²) in [4.78, 5) is 0. The van der Waals surface area contributed by atoms with E-state index in [4.69, 9.17) is 0 Å². The summed E-state index contributed by atoms with van der Waals surface area (Å²) in [5, 5.41) is 6.69. The van der Waals surface area contributed by atoms with Gasteiger partial charge < -0.3 is 9.13 Å². The quantitative estimate of drug-likeness (QED) is 0.156. The summed E-state index contributed by atoms with van der Waals surface area (Å²) in [5.74, 6) is 0.721. The second kappa shape index (κ2) is 12.5. The van der Waals surface area contributed by atoms with Crippen molar-refractivity contribution in [2.24, 2.45) is 0 Å². The zero-order valence-electron chi connectivity index (χ0n) is 38.2. The van der Waals surface area contributed by atoms with Gasteiger partial charge in [-0.3, -0.25) is 0 Å². The van der Waals surface area contributed by atoms with Crippen molar-refractivity contribution in [1.29, 1.82) is 0 Å². The maximum atomic E-state index is 2.77. The minimum Gasteiger partial charge on any atom is -0.310 e. The van der Waals surface area contributed by atoms with Gasteiger partial charge in [-0.25, -0.2) is 0 Å². The highest BCUT2D eigenvalue weighted by atomic mass is 15.1. The molecule has 1 aliphatic carbocycles. The Morgan fingerprint density at radius 2 is 1.06 bits per heavy atom. The van der Waals surface area contributed by atoms with Gasteiger partial charge in [-0.05, 0) is 127 Å². The molecule has 2 nitrogen and oxygen atoms in total. The zero-order chi connectivity index (χ0) is 44.1. The summed E-state index contributed by atoms with van der Waals surface area (Å²) in [7, 11) is 0. The minimum absolute atomic E-state index is 0.00858. The SMILES string of the molecule is Cc1ccc(-c2c(-c3ccc(C)cc3)n3c4c(cc5ccccc5c24)B2c4c-3ccc3c4-n4c5c2cc(C(C)C)cc5c2cc(C(C)C)cc(c24)C32c3ccccc3-c3ccccc32)cc1. The van der Waals surface area contributed by atoms with Gasteiger partial charge in [0.15, 0.2) is 0 Å². The summed E-state index contributed by atoms with van der Waals surface area (Å²) in [5.41, 5.74) is 29.1. The molecule has 312 valence electrons. The molecule has 15 rings (SSSR count). The molecule has 0 N–H and O–H groups in total. The van der Waals surface area contributed by atoms with Crippen molar-refractivity contribution in [2.75, 3.05) is 0 Å². The summed E-state index contributed by atoms with van der Waals surface area (Å²) in [6.45, 7) is 13.9. The van der Waals surface area contributed by atoms with Crippen LogP contribution in [0.1, 0.15) is 84.0 Å². The van der Waals surface area contributed by atoms with Crippen LogP contribution in [-0.4, -0.2) is 15.8 Å². The van der Waals surface area contributed by atoms with E-state index in [9.17, 15) is 0 Å². The molecular formula is C63H47BN2. The largest absolute Gasteiger partial charge is 0.310 e. The third kappa shape index (κ3) is 4.27. The van der Waals surface area contributed by atoms with Crippen molar-refractivity contribution in [2.45, 2.75) is 58.8 Å². The van der Waals surface area contributed by atoms with Crippen molar-refractivity contribution >= 4 is 66.6 Å². The van der Waals surface area contributed by atoms with E-state index >= 15 is 0 Å². The Labute approximate surface area is 385 Å². The Bertz CT molecular complexity index is 3960. The Morgan fingerprint density at radius 3 is 1.74 bits per heavy atom. The molecule has 0 radical (unpaired) electrons. The number of hydrogen-bond donors (Lipinski definition) is 0. The molecule has 1 spiro atoms. The smallest absolute Gasteiger partial charge is 0.252 e. The lowest BCUT2D eigenvalue weighted by Gasteiger charge is -2.44. The first kappa shape index (κ1) is 36.9. The van der Waals surface area contributed by atoms with E-state index in [0.717, 1.165) is 0 Å². The van der Waals surface area contributed by atoms with Gasteiger partial charge in [0.2, 0.25) is 0 Å². The van der Waals surface area contributed by atoms with Crippen LogP contribution >= 0.6 is 0 Å². The molecule has 2 aromatic heterocycles. The predicted molar refractivity (Wildman–Crippen MR) is 279 cm³/mol. The van der Waals surface area contributed by atoms with E-state index in [2.05, 4.69) is 214 Å². The van der Waals surface area contributed by atoms with Crippen molar-refractivity contribution in [3.05, 3.63) is 208 Å². The molecule has 9 aromatic carbocycles.